The summed E-state index contributed by atoms with van der Waals surface area (Å²) in [4.78, 5) is 12.1. The monoisotopic (exact) mass is 358 g/mol. The first-order valence-corrected chi connectivity index (χ1v) is 9.35. The van der Waals surface area contributed by atoms with Gasteiger partial charge in [-0.3, -0.25) is 0 Å². The normalized spacial score (nSPS) is 15.3. The summed E-state index contributed by atoms with van der Waals surface area (Å²) in [5.41, 5.74) is 3.33. The highest BCUT2D eigenvalue weighted by molar-refractivity contribution is 5.77. The van der Waals surface area contributed by atoms with Crippen molar-refractivity contribution in [1.82, 2.24) is 9.97 Å². The van der Waals surface area contributed by atoms with Gasteiger partial charge in [0, 0.05) is 13.1 Å². The molecule has 3 aromatic rings. The molecule has 0 spiro atoms. The first-order valence-electron chi connectivity index (χ1n) is 9.35. The molecule has 2 aromatic carbocycles. The molecule has 5 heteroatoms. The van der Waals surface area contributed by atoms with Gasteiger partial charge in [-0.25, -0.2) is 9.97 Å². The van der Waals surface area contributed by atoms with Gasteiger partial charge in [-0.15, -0.1) is 0 Å². The zero-order valence-corrected chi connectivity index (χ0v) is 15.4. The molecule has 1 aromatic heterocycles. The Morgan fingerprint density at radius 1 is 0.963 bits per heavy atom. The molecule has 136 valence electrons. The van der Waals surface area contributed by atoms with E-state index in [1.165, 1.54) is 6.42 Å². The number of hydrogen-bond acceptors (Lipinski definition) is 5. The van der Waals surface area contributed by atoms with Gasteiger partial charge in [-0.1, -0.05) is 24.3 Å². The van der Waals surface area contributed by atoms with Gasteiger partial charge in [0.15, 0.2) is 5.82 Å². The second kappa shape index (κ2) is 7.63. The number of piperidine rings is 1. The molecule has 0 N–H and O–H groups in total. The van der Waals surface area contributed by atoms with Crippen LogP contribution in [-0.4, -0.2) is 30.2 Å². The highest BCUT2D eigenvalue weighted by Gasteiger charge is 2.25. The van der Waals surface area contributed by atoms with Crippen LogP contribution in [0.1, 0.15) is 36.4 Å². The molecule has 1 unspecified atom stereocenters. The SMILES string of the molecule is COc1ccc(C(C#N)c2nc3ccccc3nc2N2CCCCC2)cc1. The molecule has 1 saturated heterocycles. The molecular weight excluding hydrogens is 336 g/mol. The first kappa shape index (κ1) is 17.3. The maximum atomic E-state index is 9.99. The van der Waals surface area contributed by atoms with Crippen molar-refractivity contribution < 1.29 is 4.74 Å². The highest BCUT2D eigenvalue weighted by Crippen LogP contribution is 2.33. The van der Waals surface area contributed by atoms with Gasteiger partial charge in [-0.2, -0.15) is 5.26 Å². The van der Waals surface area contributed by atoms with Gasteiger partial charge in [0.25, 0.3) is 0 Å². The minimum atomic E-state index is -0.468. The summed E-state index contributed by atoms with van der Waals surface area (Å²) in [7, 11) is 1.64. The predicted octanol–water partition coefficient (Wildman–Crippen LogP) is 4.28. The Bertz CT molecular complexity index is 972. The summed E-state index contributed by atoms with van der Waals surface area (Å²) >= 11 is 0. The van der Waals surface area contributed by atoms with E-state index in [1.807, 2.05) is 48.5 Å². The number of benzene rings is 2. The van der Waals surface area contributed by atoms with E-state index in [0.717, 1.165) is 59.8 Å². The number of para-hydroxylation sites is 2. The fraction of sp³-hybridized carbons (Fsp3) is 0.318. The smallest absolute Gasteiger partial charge is 0.152 e. The van der Waals surface area contributed by atoms with Gasteiger partial charge in [0.05, 0.1) is 24.2 Å². The van der Waals surface area contributed by atoms with Crippen molar-refractivity contribution in [2.75, 3.05) is 25.1 Å². The molecule has 1 aliphatic heterocycles. The summed E-state index contributed by atoms with van der Waals surface area (Å²) < 4.78 is 5.25. The third kappa shape index (κ3) is 3.43. The molecule has 27 heavy (non-hydrogen) atoms. The van der Waals surface area contributed by atoms with Gasteiger partial charge in [-0.05, 0) is 49.1 Å². The van der Waals surface area contributed by atoms with Crippen LogP contribution in [0.3, 0.4) is 0 Å². The average molecular weight is 358 g/mol. The number of ether oxygens (including phenoxy) is 1. The lowest BCUT2D eigenvalue weighted by Gasteiger charge is -2.30. The van der Waals surface area contributed by atoms with Crippen molar-refractivity contribution >= 4 is 16.9 Å². The predicted molar refractivity (Wildman–Crippen MR) is 106 cm³/mol. The fourth-order valence-corrected chi connectivity index (χ4v) is 3.63. The lowest BCUT2D eigenvalue weighted by Crippen LogP contribution is -2.32. The van der Waals surface area contributed by atoms with E-state index in [0.29, 0.717) is 0 Å². The van der Waals surface area contributed by atoms with Crippen LogP contribution in [0, 0.1) is 11.3 Å². The number of nitrogens with zero attached hydrogens (tertiary/aromatic N) is 4. The number of aromatic nitrogens is 2. The first-order chi connectivity index (χ1) is 13.3. The number of fused-ring (bicyclic) bond motifs is 1. The maximum Gasteiger partial charge on any atom is 0.152 e. The van der Waals surface area contributed by atoms with Crippen molar-refractivity contribution in [3.63, 3.8) is 0 Å². The van der Waals surface area contributed by atoms with Gasteiger partial charge in [0.1, 0.15) is 17.4 Å². The molecule has 0 bridgehead atoms. The Balaban J connectivity index is 1.84. The number of rotatable bonds is 4. The molecule has 1 aliphatic rings. The Hall–Kier alpha value is -3.13. The van der Waals surface area contributed by atoms with Gasteiger partial charge >= 0.3 is 0 Å². The van der Waals surface area contributed by atoms with E-state index in [4.69, 9.17) is 14.7 Å². The van der Waals surface area contributed by atoms with E-state index in [2.05, 4.69) is 11.0 Å². The molecule has 0 aliphatic carbocycles. The van der Waals surface area contributed by atoms with Crippen LogP contribution in [0.4, 0.5) is 5.82 Å². The van der Waals surface area contributed by atoms with Crippen molar-refractivity contribution in [3.8, 4) is 11.8 Å². The minimum absolute atomic E-state index is 0.468. The van der Waals surface area contributed by atoms with Crippen LogP contribution in [0.15, 0.2) is 48.5 Å². The number of nitriles is 1. The summed E-state index contributed by atoms with van der Waals surface area (Å²) in [5.74, 6) is 1.15. The third-order valence-electron chi connectivity index (χ3n) is 5.09. The number of methoxy groups -OCH3 is 1. The third-order valence-corrected chi connectivity index (χ3v) is 5.09. The Morgan fingerprint density at radius 3 is 2.26 bits per heavy atom. The van der Waals surface area contributed by atoms with Crippen LogP contribution in [0.25, 0.3) is 11.0 Å². The lowest BCUT2D eigenvalue weighted by atomic mass is 9.95. The molecule has 0 saturated carbocycles. The van der Waals surface area contributed by atoms with Crippen LogP contribution in [0.5, 0.6) is 5.75 Å². The molecule has 4 rings (SSSR count). The summed E-state index contributed by atoms with van der Waals surface area (Å²) in [6.07, 6.45) is 3.54. The van der Waals surface area contributed by atoms with E-state index in [1.54, 1.807) is 7.11 Å². The maximum absolute atomic E-state index is 9.99. The summed E-state index contributed by atoms with van der Waals surface area (Å²) in [6.45, 7) is 1.92. The Labute approximate surface area is 159 Å². The fourth-order valence-electron chi connectivity index (χ4n) is 3.63. The van der Waals surface area contributed by atoms with Crippen molar-refractivity contribution in [3.05, 3.63) is 59.8 Å². The van der Waals surface area contributed by atoms with Crippen molar-refractivity contribution in [1.29, 1.82) is 5.26 Å². The van der Waals surface area contributed by atoms with Crippen LogP contribution in [-0.2, 0) is 0 Å². The second-order valence-corrected chi connectivity index (χ2v) is 6.80. The van der Waals surface area contributed by atoms with Crippen molar-refractivity contribution in [2.24, 2.45) is 0 Å². The van der Waals surface area contributed by atoms with E-state index >= 15 is 0 Å². The standard InChI is InChI=1S/C22H22N4O/c1-27-17-11-9-16(10-12-17)18(15-23)21-22(26-13-5-2-6-14-26)25-20-8-4-3-7-19(20)24-21/h3-4,7-12,18H,2,5-6,13-14H2,1H3. The van der Waals surface area contributed by atoms with E-state index in [9.17, 15) is 5.26 Å². The molecular formula is C22H22N4O. The van der Waals surface area contributed by atoms with Crippen LogP contribution >= 0.6 is 0 Å². The minimum Gasteiger partial charge on any atom is -0.497 e. The molecule has 0 amide bonds. The molecule has 1 fully saturated rings. The second-order valence-electron chi connectivity index (χ2n) is 6.80. The number of anilines is 1. The quantitative estimate of drug-likeness (QED) is 0.696. The zero-order valence-electron chi connectivity index (χ0n) is 15.4. The zero-order chi connectivity index (χ0) is 18.6. The van der Waals surface area contributed by atoms with Crippen molar-refractivity contribution in [2.45, 2.75) is 25.2 Å². The molecule has 5 nitrogen and oxygen atoms in total. The molecule has 1 atom stereocenters. The number of hydrogen-bond donors (Lipinski definition) is 0. The lowest BCUT2D eigenvalue weighted by molar-refractivity contribution is 0.414. The van der Waals surface area contributed by atoms with E-state index < -0.39 is 5.92 Å². The molecule has 2 heterocycles. The summed E-state index contributed by atoms with van der Waals surface area (Å²) in [6, 6.07) is 17.9. The Morgan fingerprint density at radius 2 is 1.63 bits per heavy atom. The van der Waals surface area contributed by atoms with Crippen LogP contribution < -0.4 is 9.64 Å². The van der Waals surface area contributed by atoms with Crippen LogP contribution in [0.2, 0.25) is 0 Å². The largest absolute Gasteiger partial charge is 0.497 e. The Kier molecular flexibility index (Phi) is 4.88. The topological polar surface area (TPSA) is 62.0 Å². The average Bonchev–Trinajstić information content (AvgIpc) is 2.75. The van der Waals surface area contributed by atoms with Gasteiger partial charge < -0.3 is 9.64 Å². The molecule has 0 radical (unpaired) electrons. The van der Waals surface area contributed by atoms with Gasteiger partial charge in [0.2, 0.25) is 0 Å². The van der Waals surface area contributed by atoms with E-state index in [-0.39, 0.29) is 0 Å². The summed E-state index contributed by atoms with van der Waals surface area (Å²) in [5, 5.41) is 9.99. The highest BCUT2D eigenvalue weighted by atomic mass is 16.5.